The molecule has 0 radical (unpaired) electrons. The van der Waals surface area contributed by atoms with Crippen LogP contribution in [0.1, 0.15) is 22.3 Å². The van der Waals surface area contributed by atoms with E-state index in [1.54, 1.807) is 17.2 Å². The van der Waals surface area contributed by atoms with Gasteiger partial charge in [0.25, 0.3) is 5.91 Å². The minimum Gasteiger partial charge on any atom is -0.494 e. The first kappa shape index (κ1) is 17.5. The van der Waals surface area contributed by atoms with E-state index < -0.39 is 5.54 Å². The summed E-state index contributed by atoms with van der Waals surface area (Å²) in [7, 11) is 1.52. The van der Waals surface area contributed by atoms with Gasteiger partial charge in [-0.3, -0.25) is 14.6 Å². The zero-order valence-corrected chi connectivity index (χ0v) is 15.1. The number of carbonyl (C=O) groups is 2. The summed E-state index contributed by atoms with van der Waals surface area (Å²) in [5.74, 6) is 0.183. The summed E-state index contributed by atoms with van der Waals surface area (Å²) in [5.41, 5.74) is 0.853. The largest absolute Gasteiger partial charge is 0.494 e. The number of morpholine rings is 1. The number of likely N-dealkylation sites (tertiary alicyclic amines) is 1. The number of fused-ring (bicyclic) bond motifs is 1. The van der Waals surface area contributed by atoms with Crippen LogP contribution in [-0.2, 0) is 15.1 Å². The Morgan fingerprint density at radius 2 is 2.15 bits per heavy atom. The van der Waals surface area contributed by atoms with Crippen LogP contribution in [0.15, 0.2) is 48.8 Å². The lowest BCUT2D eigenvalue weighted by atomic mass is 9.77. The van der Waals surface area contributed by atoms with E-state index in [9.17, 15) is 9.59 Å². The number of ether oxygens (including phenoxy) is 2. The number of hydrogen-bond acceptors (Lipinski definition) is 5. The molecule has 0 spiro atoms. The summed E-state index contributed by atoms with van der Waals surface area (Å²) in [4.78, 5) is 30.9. The lowest BCUT2D eigenvalue weighted by molar-refractivity contribution is -0.150. The minimum absolute atomic E-state index is 0.000140. The van der Waals surface area contributed by atoms with E-state index in [2.05, 4.69) is 10.3 Å². The normalized spacial score (nSPS) is 24.7. The van der Waals surface area contributed by atoms with Gasteiger partial charge in [0.1, 0.15) is 18.5 Å². The molecule has 0 saturated carbocycles. The molecule has 7 heteroatoms. The van der Waals surface area contributed by atoms with Gasteiger partial charge in [0.15, 0.2) is 0 Å². The fourth-order valence-corrected chi connectivity index (χ4v) is 3.93. The summed E-state index contributed by atoms with van der Waals surface area (Å²) in [6, 6.07) is 11.5. The Balaban J connectivity index is 1.62. The van der Waals surface area contributed by atoms with Crippen molar-refractivity contribution in [1.29, 1.82) is 0 Å². The number of nitrogens with zero attached hydrogens (tertiary/aromatic N) is 2. The molecule has 4 rings (SSSR count). The van der Waals surface area contributed by atoms with E-state index in [0.717, 1.165) is 5.56 Å². The molecule has 2 atom stereocenters. The molecule has 3 heterocycles. The first-order chi connectivity index (χ1) is 13.1. The predicted molar refractivity (Wildman–Crippen MR) is 97.3 cm³/mol. The van der Waals surface area contributed by atoms with Crippen molar-refractivity contribution in [3.05, 3.63) is 59.9 Å². The Morgan fingerprint density at radius 3 is 2.93 bits per heavy atom. The van der Waals surface area contributed by atoms with Crippen molar-refractivity contribution in [1.82, 2.24) is 15.2 Å². The van der Waals surface area contributed by atoms with Crippen LogP contribution in [0.2, 0.25) is 0 Å². The third-order valence-electron chi connectivity index (χ3n) is 5.30. The molecular weight excluding hydrogens is 346 g/mol. The van der Waals surface area contributed by atoms with Gasteiger partial charge in [0.2, 0.25) is 5.91 Å². The average Bonchev–Trinajstić information content (AvgIpc) is 2.73. The zero-order chi connectivity index (χ0) is 18.9. The first-order valence-corrected chi connectivity index (χ1v) is 8.89. The van der Waals surface area contributed by atoms with E-state index in [1.807, 2.05) is 30.3 Å². The number of nitrogens with one attached hydrogen (secondary N) is 1. The maximum atomic E-state index is 13.0. The van der Waals surface area contributed by atoms with Crippen molar-refractivity contribution in [2.45, 2.75) is 18.1 Å². The second-order valence-corrected chi connectivity index (χ2v) is 6.76. The third-order valence-corrected chi connectivity index (χ3v) is 5.30. The summed E-state index contributed by atoms with van der Waals surface area (Å²) in [6.07, 6.45) is 3.36. The van der Waals surface area contributed by atoms with E-state index in [1.165, 1.54) is 13.3 Å². The van der Waals surface area contributed by atoms with Gasteiger partial charge in [0, 0.05) is 19.3 Å². The standard InChI is InChI=1S/C20H21N3O4/c1-26-16-11-21-9-7-15(16)19(25)23-10-8-20(14-5-3-2-4-6-14)17(12-23)27-13-18(24)22-20/h2-7,9,11,17H,8,10,12-13H2,1H3,(H,22,24)/t17-,20+/m1/s1. The molecule has 27 heavy (non-hydrogen) atoms. The Morgan fingerprint density at radius 1 is 1.33 bits per heavy atom. The Hall–Kier alpha value is -2.93. The lowest BCUT2D eigenvalue weighted by Gasteiger charge is -2.50. The third kappa shape index (κ3) is 3.04. The molecule has 2 saturated heterocycles. The quantitative estimate of drug-likeness (QED) is 0.886. The monoisotopic (exact) mass is 367 g/mol. The average molecular weight is 367 g/mol. The van der Waals surface area contributed by atoms with Crippen LogP contribution in [0, 0.1) is 0 Å². The Kier molecular flexibility index (Phi) is 4.53. The molecule has 0 aliphatic carbocycles. The SMILES string of the molecule is COc1cnccc1C(=O)N1CC[C@@]2(c3ccccc3)NC(=O)CO[C@@H]2C1. The van der Waals surface area contributed by atoms with Gasteiger partial charge in [-0.25, -0.2) is 0 Å². The van der Waals surface area contributed by atoms with Crippen LogP contribution in [0.5, 0.6) is 5.75 Å². The molecule has 2 amide bonds. The van der Waals surface area contributed by atoms with Crippen molar-refractivity contribution < 1.29 is 19.1 Å². The van der Waals surface area contributed by atoms with Crippen molar-refractivity contribution >= 4 is 11.8 Å². The van der Waals surface area contributed by atoms with Crippen LogP contribution >= 0.6 is 0 Å². The molecular formula is C20H21N3O4. The minimum atomic E-state index is -0.615. The number of rotatable bonds is 3. The van der Waals surface area contributed by atoms with Gasteiger partial charge in [-0.1, -0.05) is 30.3 Å². The number of pyridine rings is 1. The fourth-order valence-electron chi connectivity index (χ4n) is 3.93. The van der Waals surface area contributed by atoms with Crippen molar-refractivity contribution in [3.8, 4) is 5.75 Å². The van der Waals surface area contributed by atoms with E-state index in [-0.39, 0.29) is 24.5 Å². The number of benzene rings is 1. The molecule has 2 aromatic rings. The molecule has 0 bridgehead atoms. The smallest absolute Gasteiger partial charge is 0.257 e. The van der Waals surface area contributed by atoms with Crippen LogP contribution < -0.4 is 10.1 Å². The molecule has 2 fully saturated rings. The number of aromatic nitrogens is 1. The zero-order valence-electron chi connectivity index (χ0n) is 15.1. The van der Waals surface area contributed by atoms with Crippen LogP contribution in [0.3, 0.4) is 0 Å². The van der Waals surface area contributed by atoms with E-state index in [0.29, 0.717) is 30.8 Å². The summed E-state index contributed by atoms with van der Waals surface area (Å²) >= 11 is 0. The molecule has 1 aromatic heterocycles. The van der Waals surface area contributed by atoms with Crippen LogP contribution in [0.4, 0.5) is 0 Å². The van der Waals surface area contributed by atoms with Gasteiger partial charge in [0.05, 0.1) is 24.4 Å². The number of hydrogen-bond donors (Lipinski definition) is 1. The first-order valence-electron chi connectivity index (χ1n) is 8.89. The summed E-state index contributed by atoms with van der Waals surface area (Å²) < 4.78 is 11.1. The molecule has 1 N–H and O–H groups in total. The van der Waals surface area contributed by atoms with Gasteiger partial charge in [-0.15, -0.1) is 0 Å². The van der Waals surface area contributed by atoms with Crippen molar-refractivity contribution in [2.75, 3.05) is 26.8 Å². The maximum Gasteiger partial charge on any atom is 0.257 e. The highest BCUT2D eigenvalue weighted by atomic mass is 16.5. The maximum absolute atomic E-state index is 13.0. The predicted octanol–water partition coefficient (Wildman–Crippen LogP) is 1.35. The number of piperidine rings is 1. The highest BCUT2D eigenvalue weighted by molar-refractivity contribution is 5.97. The van der Waals surface area contributed by atoms with Crippen LogP contribution in [0.25, 0.3) is 0 Å². The van der Waals surface area contributed by atoms with Gasteiger partial charge in [-0.2, -0.15) is 0 Å². The number of methoxy groups -OCH3 is 1. The van der Waals surface area contributed by atoms with E-state index in [4.69, 9.17) is 9.47 Å². The lowest BCUT2D eigenvalue weighted by Crippen LogP contribution is -2.67. The van der Waals surface area contributed by atoms with Crippen molar-refractivity contribution in [2.24, 2.45) is 0 Å². The van der Waals surface area contributed by atoms with Crippen LogP contribution in [-0.4, -0.2) is 54.6 Å². The summed E-state index contributed by atoms with van der Waals surface area (Å²) in [5, 5.41) is 3.13. The molecule has 2 aliphatic heterocycles. The highest BCUT2D eigenvalue weighted by Gasteiger charge is 2.50. The molecule has 140 valence electrons. The Bertz CT molecular complexity index is 857. The number of carbonyl (C=O) groups excluding carboxylic acids is 2. The molecule has 7 nitrogen and oxygen atoms in total. The second kappa shape index (κ2) is 7.00. The van der Waals surface area contributed by atoms with Gasteiger partial charge < -0.3 is 19.7 Å². The molecule has 2 aliphatic rings. The summed E-state index contributed by atoms with van der Waals surface area (Å²) in [6.45, 7) is 0.888. The van der Waals surface area contributed by atoms with Crippen molar-refractivity contribution in [3.63, 3.8) is 0 Å². The van der Waals surface area contributed by atoms with Gasteiger partial charge >= 0.3 is 0 Å². The topological polar surface area (TPSA) is 80.8 Å². The Labute approximate surface area is 157 Å². The van der Waals surface area contributed by atoms with Gasteiger partial charge in [-0.05, 0) is 18.1 Å². The second-order valence-electron chi connectivity index (χ2n) is 6.76. The van der Waals surface area contributed by atoms with E-state index >= 15 is 0 Å². The fraction of sp³-hybridized carbons (Fsp3) is 0.350. The molecule has 1 aromatic carbocycles. The highest BCUT2D eigenvalue weighted by Crippen LogP contribution is 2.37. The molecule has 0 unspecified atom stereocenters. The number of amides is 2.